The Morgan fingerprint density at radius 3 is 2.76 bits per heavy atom. The minimum absolute atomic E-state index is 0.649. The van der Waals surface area contributed by atoms with Gasteiger partial charge in [0.25, 0.3) is 0 Å². The Hall–Kier alpha value is -1.59. The molecule has 2 rings (SSSR count). The van der Waals surface area contributed by atoms with E-state index in [1.165, 1.54) is 0 Å². The quantitative estimate of drug-likeness (QED) is 0.864. The summed E-state index contributed by atoms with van der Waals surface area (Å²) in [6.07, 6.45) is 0.897. The molecule has 0 atom stereocenters. The summed E-state index contributed by atoms with van der Waals surface area (Å²) in [6, 6.07) is 12.0. The fourth-order valence-electron chi connectivity index (χ4n) is 2.08. The smallest absolute Gasteiger partial charge is 0.133 e. The number of benzene rings is 1. The van der Waals surface area contributed by atoms with Gasteiger partial charge in [0, 0.05) is 22.8 Å². The van der Waals surface area contributed by atoms with Crippen LogP contribution >= 0.6 is 15.9 Å². The van der Waals surface area contributed by atoms with Crippen molar-refractivity contribution in [2.45, 2.75) is 13.3 Å². The first kappa shape index (κ1) is 15.8. The molecule has 0 saturated carbocycles. The van der Waals surface area contributed by atoms with Crippen LogP contribution in [0, 0.1) is 6.92 Å². The molecule has 0 aliphatic rings. The maximum atomic E-state index is 5.66. The standard InChI is InChI=1S/C16H20BrN3O/c1-12-15(17)7-8-16(19-12)20(10-4-9-18)13-5-3-6-14(11-13)21-2/h3,5-8,11H,4,9-10,18H2,1-2H3. The summed E-state index contributed by atoms with van der Waals surface area (Å²) < 4.78 is 6.32. The molecular weight excluding hydrogens is 330 g/mol. The van der Waals surface area contributed by atoms with Gasteiger partial charge in [0.1, 0.15) is 11.6 Å². The van der Waals surface area contributed by atoms with Crippen molar-refractivity contribution >= 4 is 27.4 Å². The van der Waals surface area contributed by atoms with Crippen LogP contribution in [0.15, 0.2) is 40.9 Å². The third-order valence-electron chi connectivity index (χ3n) is 3.23. The molecule has 112 valence electrons. The van der Waals surface area contributed by atoms with Crippen LogP contribution in [0.2, 0.25) is 0 Å². The van der Waals surface area contributed by atoms with E-state index in [1.54, 1.807) is 7.11 Å². The monoisotopic (exact) mass is 349 g/mol. The molecule has 4 nitrogen and oxygen atoms in total. The van der Waals surface area contributed by atoms with Gasteiger partial charge < -0.3 is 15.4 Å². The number of hydrogen-bond acceptors (Lipinski definition) is 4. The highest BCUT2D eigenvalue weighted by molar-refractivity contribution is 9.10. The molecule has 0 bridgehead atoms. The van der Waals surface area contributed by atoms with E-state index in [0.29, 0.717) is 6.54 Å². The number of aromatic nitrogens is 1. The number of halogens is 1. The third kappa shape index (κ3) is 3.95. The summed E-state index contributed by atoms with van der Waals surface area (Å²) >= 11 is 3.49. The van der Waals surface area contributed by atoms with E-state index in [0.717, 1.165) is 40.4 Å². The number of ether oxygens (including phenoxy) is 1. The highest BCUT2D eigenvalue weighted by Crippen LogP contribution is 2.28. The van der Waals surface area contributed by atoms with Crippen molar-refractivity contribution in [2.24, 2.45) is 5.73 Å². The second-order valence-corrected chi connectivity index (χ2v) is 5.59. The summed E-state index contributed by atoms with van der Waals surface area (Å²) in [5.41, 5.74) is 7.68. The van der Waals surface area contributed by atoms with E-state index in [2.05, 4.69) is 31.9 Å². The second kappa shape index (κ2) is 7.43. The van der Waals surface area contributed by atoms with Crippen LogP contribution in [0.1, 0.15) is 12.1 Å². The molecule has 2 aromatic rings. The Morgan fingerprint density at radius 2 is 2.10 bits per heavy atom. The van der Waals surface area contributed by atoms with Crippen molar-refractivity contribution in [2.75, 3.05) is 25.1 Å². The number of rotatable bonds is 6. The SMILES string of the molecule is COc1cccc(N(CCCN)c2ccc(Br)c(C)n2)c1. The summed E-state index contributed by atoms with van der Waals surface area (Å²) in [4.78, 5) is 6.82. The van der Waals surface area contributed by atoms with Gasteiger partial charge in [0.05, 0.1) is 12.8 Å². The molecule has 0 aliphatic heterocycles. The van der Waals surface area contributed by atoms with Gasteiger partial charge in [-0.05, 0) is 60.1 Å². The lowest BCUT2D eigenvalue weighted by Crippen LogP contribution is -2.22. The summed E-state index contributed by atoms with van der Waals surface area (Å²) in [7, 11) is 1.67. The number of nitrogens with zero attached hydrogens (tertiary/aromatic N) is 2. The molecule has 5 heteroatoms. The molecule has 0 aliphatic carbocycles. The minimum atomic E-state index is 0.649. The predicted molar refractivity (Wildman–Crippen MR) is 90.3 cm³/mol. The zero-order valence-electron chi connectivity index (χ0n) is 12.3. The third-order valence-corrected chi connectivity index (χ3v) is 4.07. The largest absolute Gasteiger partial charge is 0.497 e. The Balaban J connectivity index is 2.38. The lowest BCUT2D eigenvalue weighted by molar-refractivity contribution is 0.415. The molecular formula is C16H20BrN3O. The molecule has 0 unspecified atom stereocenters. The van der Waals surface area contributed by atoms with Crippen molar-refractivity contribution in [3.8, 4) is 5.75 Å². The Bertz CT molecular complexity index is 604. The van der Waals surface area contributed by atoms with E-state index >= 15 is 0 Å². The van der Waals surface area contributed by atoms with Crippen LogP contribution in [-0.2, 0) is 0 Å². The van der Waals surface area contributed by atoms with E-state index in [9.17, 15) is 0 Å². The number of hydrogen-bond donors (Lipinski definition) is 1. The van der Waals surface area contributed by atoms with E-state index in [4.69, 9.17) is 10.5 Å². The number of aryl methyl sites for hydroxylation is 1. The Morgan fingerprint density at radius 1 is 1.29 bits per heavy atom. The van der Waals surface area contributed by atoms with Crippen molar-refractivity contribution in [3.05, 3.63) is 46.6 Å². The van der Waals surface area contributed by atoms with Gasteiger partial charge in [-0.2, -0.15) is 0 Å². The maximum Gasteiger partial charge on any atom is 0.133 e. The Kier molecular flexibility index (Phi) is 5.59. The highest BCUT2D eigenvalue weighted by atomic mass is 79.9. The first-order valence-electron chi connectivity index (χ1n) is 6.90. The van der Waals surface area contributed by atoms with Crippen molar-refractivity contribution < 1.29 is 4.74 Å². The number of pyridine rings is 1. The highest BCUT2D eigenvalue weighted by Gasteiger charge is 2.12. The summed E-state index contributed by atoms with van der Waals surface area (Å²) in [5.74, 6) is 1.75. The van der Waals surface area contributed by atoms with Crippen LogP contribution in [0.3, 0.4) is 0 Å². The van der Waals surface area contributed by atoms with Gasteiger partial charge in [0.2, 0.25) is 0 Å². The first-order chi connectivity index (χ1) is 10.2. The van der Waals surface area contributed by atoms with Crippen LogP contribution in [0.5, 0.6) is 5.75 Å². The summed E-state index contributed by atoms with van der Waals surface area (Å²) in [6.45, 7) is 3.45. The maximum absolute atomic E-state index is 5.66. The molecule has 0 spiro atoms. The zero-order valence-corrected chi connectivity index (χ0v) is 13.9. The van der Waals surface area contributed by atoms with E-state index < -0.39 is 0 Å². The van der Waals surface area contributed by atoms with Crippen molar-refractivity contribution in [3.63, 3.8) is 0 Å². The molecule has 21 heavy (non-hydrogen) atoms. The van der Waals surface area contributed by atoms with Crippen LogP contribution < -0.4 is 15.4 Å². The molecule has 1 heterocycles. The molecule has 2 N–H and O–H groups in total. The van der Waals surface area contributed by atoms with Crippen LogP contribution in [0.25, 0.3) is 0 Å². The van der Waals surface area contributed by atoms with E-state index in [1.807, 2.05) is 37.3 Å². The Labute approximate surface area is 134 Å². The fraction of sp³-hybridized carbons (Fsp3) is 0.312. The number of anilines is 2. The molecule has 0 fully saturated rings. The van der Waals surface area contributed by atoms with Crippen LogP contribution in [-0.4, -0.2) is 25.2 Å². The molecule has 1 aromatic heterocycles. The van der Waals surface area contributed by atoms with Gasteiger partial charge in [-0.1, -0.05) is 6.07 Å². The zero-order chi connectivity index (χ0) is 15.2. The minimum Gasteiger partial charge on any atom is -0.497 e. The second-order valence-electron chi connectivity index (χ2n) is 4.73. The first-order valence-corrected chi connectivity index (χ1v) is 7.70. The van der Waals surface area contributed by atoms with E-state index in [-0.39, 0.29) is 0 Å². The predicted octanol–water partition coefficient (Wildman–Crippen LogP) is 3.65. The topological polar surface area (TPSA) is 51.4 Å². The number of nitrogens with two attached hydrogens (primary N) is 1. The number of methoxy groups -OCH3 is 1. The normalized spacial score (nSPS) is 10.5. The van der Waals surface area contributed by atoms with Gasteiger partial charge in [-0.3, -0.25) is 0 Å². The molecule has 0 saturated heterocycles. The fourth-order valence-corrected chi connectivity index (χ4v) is 2.31. The van der Waals surface area contributed by atoms with Crippen molar-refractivity contribution in [1.29, 1.82) is 0 Å². The molecule has 0 amide bonds. The average Bonchev–Trinajstić information content (AvgIpc) is 2.51. The lowest BCUT2D eigenvalue weighted by Gasteiger charge is -2.24. The van der Waals surface area contributed by atoms with Gasteiger partial charge >= 0.3 is 0 Å². The summed E-state index contributed by atoms with van der Waals surface area (Å²) in [5, 5.41) is 0. The molecule has 0 radical (unpaired) electrons. The van der Waals surface area contributed by atoms with Crippen molar-refractivity contribution in [1.82, 2.24) is 4.98 Å². The van der Waals surface area contributed by atoms with Gasteiger partial charge in [0.15, 0.2) is 0 Å². The van der Waals surface area contributed by atoms with Gasteiger partial charge in [-0.25, -0.2) is 4.98 Å². The molecule has 1 aromatic carbocycles. The van der Waals surface area contributed by atoms with Gasteiger partial charge in [-0.15, -0.1) is 0 Å². The average molecular weight is 350 g/mol. The van der Waals surface area contributed by atoms with Crippen LogP contribution in [0.4, 0.5) is 11.5 Å². The lowest BCUT2D eigenvalue weighted by atomic mass is 10.2.